The second kappa shape index (κ2) is 9.65. The van der Waals surface area contributed by atoms with Crippen LogP contribution in [0.25, 0.3) is 0 Å². The van der Waals surface area contributed by atoms with Crippen molar-refractivity contribution in [3.05, 3.63) is 59.4 Å². The summed E-state index contributed by atoms with van der Waals surface area (Å²) >= 11 is 0. The largest absolute Gasteiger partial charge is 0.497 e. The summed E-state index contributed by atoms with van der Waals surface area (Å²) in [5.41, 5.74) is 1.71. The monoisotopic (exact) mass is 359 g/mol. The van der Waals surface area contributed by atoms with Gasteiger partial charge >= 0.3 is 0 Å². The Bertz CT molecular complexity index is 750. The molecule has 2 aromatic carbocycles. The Labute approximate surface area is 154 Å². The molecule has 0 fully saturated rings. The van der Waals surface area contributed by atoms with Crippen LogP contribution in [0, 0.1) is 5.82 Å². The first-order valence-corrected chi connectivity index (χ1v) is 8.45. The molecule has 0 aliphatic carbocycles. The Morgan fingerprint density at radius 2 is 1.88 bits per heavy atom. The molecule has 140 valence electrons. The summed E-state index contributed by atoms with van der Waals surface area (Å²) in [7, 11) is 6.94. The van der Waals surface area contributed by atoms with E-state index in [1.807, 2.05) is 36.2 Å². The van der Waals surface area contributed by atoms with Gasteiger partial charge in [-0.3, -0.25) is 4.99 Å². The molecule has 6 heteroatoms. The number of nitrogens with zero attached hydrogens (tertiary/aromatic N) is 2. The van der Waals surface area contributed by atoms with E-state index in [0.29, 0.717) is 25.1 Å². The third kappa shape index (κ3) is 5.12. The van der Waals surface area contributed by atoms with Gasteiger partial charge in [-0.1, -0.05) is 18.2 Å². The standard InChI is InChI=1S/C20H26FN3O2/c1-22-20(23-12-11-15-7-5-6-8-18(15)21)24(2)14-16-9-10-17(25-3)13-19(16)26-4/h5-10,13H,11-12,14H2,1-4H3,(H,22,23). The number of methoxy groups -OCH3 is 2. The van der Waals surface area contributed by atoms with E-state index in [0.717, 1.165) is 23.0 Å². The Morgan fingerprint density at radius 1 is 1.12 bits per heavy atom. The van der Waals surface area contributed by atoms with Gasteiger partial charge in [0.2, 0.25) is 0 Å². The first-order valence-electron chi connectivity index (χ1n) is 8.45. The number of halogens is 1. The van der Waals surface area contributed by atoms with Crippen molar-refractivity contribution in [2.75, 3.05) is 34.9 Å². The smallest absolute Gasteiger partial charge is 0.193 e. The van der Waals surface area contributed by atoms with Crippen LogP contribution in [0.1, 0.15) is 11.1 Å². The van der Waals surface area contributed by atoms with Crippen LogP contribution in [0.4, 0.5) is 4.39 Å². The second-order valence-corrected chi connectivity index (χ2v) is 5.85. The SMILES string of the molecule is CN=C(NCCc1ccccc1F)N(C)Cc1ccc(OC)cc1OC. The van der Waals surface area contributed by atoms with Crippen LogP contribution in [-0.2, 0) is 13.0 Å². The van der Waals surface area contributed by atoms with Crippen LogP contribution in [0.3, 0.4) is 0 Å². The fraction of sp³-hybridized carbons (Fsp3) is 0.350. The molecule has 0 atom stereocenters. The van der Waals surface area contributed by atoms with Gasteiger partial charge in [-0.05, 0) is 30.2 Å². The third-order valence-corrected chi connectivity index (χ3v) is 4.11. The highest BCUT2D eigenvalue weighted by Crippen LogP contribution is 2.25. The number of ether oxygens (including phenoxy) is 2. The quantitative estimate of drug-likeness (QED) is 0.610. The van der Waals surface area contributed by atoms with Crippen molar-refractivity contribution in [2.45, 2.75) is 13.0 Å². The average Bonchev–Trinajstić information content (AvgIpc) is 2.66. The predicted octanol–water partition coefficient (Wildman–Crippen LogP) is 3.09. The Morgan fingerprint density at radius 3 is 2.54 bits per heavy atom. The van der Waals surface area contributed by atoms with Crippen LogP contribution in [-0.4, -0.2) is 45.7 Å². The van der Waals surface area contributed by atoms with E-state index in [-0.39, 0.29) is 5.82 Å². The maximum atomic E-state index is 13.7. The molecule has 2 aromatic rings. The van der Waals surface area contributed by atoms with Gasteiger partial charge in [-0.25, -0.2) is 4.39 Å². The lowest BCUT2D eigenvalue weighted by Gasteiger charge is -2.23. The fourth-order valence-corrected chi connectivity index (χ4v) is 2.71. The van der Waals surface area contributed by atoms with E-state index in [1.54, 1.807) is 33.4 Å². The summed E-state index contributed by atoms with van der Waals surface area (Å²) in [6.07, 6.45) is 0.589. The lowest BCUT2D eigenvalue weighted by molar-refractivity contribution is 0.382. The molecule has 0 unspecified atom stereocenters. The molecule has 0 aliphatic rings. The topological polar surface area (TPSA) is 46.1 Å². The molecule has 0 aliphatic heterocycles. The van der Waals surface area contributed by atoms with Gasteiger partial charge in [0.1, 0.15) is 17.3 Å². The van der Waals surface area contributed by atoms with Gasteiger partial charge in [0.25, 0.3) is 0 Å². The van der Waals surface area contributed by atoms with Crippen molar-refractivity contribution in [3.63, 3.8) is 0 Å². The molecule has 0 saturated heterocycles. The summed E-state index contributed by atoms with van der Waals surface area (Å²) in [6, 6.07) is 12.5. The highest BCUT2D eigenvalue weighted by atomic mass is 19.1. The minimum absolute atomic E-state index is 0.180. The summed E-state index contributed by atoms with van der Waals surface area (Å²) in [5, 5.41) is 3.27. The molecule has 5 nitrogen and oxygen atoms in total. The predicted molar refractivity (Wildman–Crippen MR) is 102 cm³/mol. The van der Waals surface area contributed by atoms with Crippen LogP contribution >= 0.6 is 0 Å². The van der Waals surface area contributed by atoms with Gasteiger partial charge in [0.05, 0.1) is 14.2 Å². The number of hydrogen-bond donors (Lipinski definition) is 1. The molecule has 0 amide bonds. The van der Waals surface area contributed by atoms with E-state index in [2.05, 4.69) is 10.3 Å². The van der Waals surface area contributed by atoms with Crippen molar-refractivity contribution >= 4 is 5.96 Å². The van der Waals surface area contributed by atoms with Crippen molar-refractivity contribution in [2.24, 2.45) is 4.99 Å². The normalized spacial score (nSPS) is 11.2. The van der Waals surface area contributed by atoms with Gasteiger partial charge in [0.15, 0.2) is 5.96 Å². The number of aliphatic imine (C=N–C) groups is 1. The van der Waals surface area contributed by atoms with E-state index in [4.69, 9.17) is 9.47 Å². The average molecular weight is 359 g/mol. The molecule has 2 rings (SSSR count). The summed E-state index contributed by atoms with van der Waals surface area (Å²) in [4.78, 5) is 6.29. The van der Waals surface area contributed by atoms with Gasteiger partial charge < -0.3 is 19.7 Å². The van der Waals surface area contributed by atoms with Gasteiger partial charge in [-0.15, -0.1) is 0 Å². The molecular weight excluding hydrogens is 333 g/mol. The third-order valence-electron chi connectivity index (χ3n) is 4.11. The van der Waals surface area contributed by atoms with Crippen molar-refractivity contribution < 1.29 is 13.9 Å². The first kappa shape index (κ1) is 19.6. The number of nitrogens with one attached hydrogen (secondary N) is 1. The molecule has 0 bridgehead atoms. The maximum absolute atomic E-state index is 13.7. The van der Waals surface area contributed by atoms with Crippen LogP contribution < -0.4 is 14.8 Å². The zero-order chi connectivity index (χ0) is 18.9. The van der Waals surface area contributed by atoms with Crippen LogP contribution in [0.2, 0.25) is 0 Å². The van der Waals surface area contributed by atoms with Crippen LogP contribution in [0.5, 0.6) is 11.5 Å². The number of guanidine groups is 1. The molecule has 1 N–H and O–H groups in total. The zero-order valence-corrected chi connectivity index (χ0v) is 15.8. The Balaban J connectivity index is 1.96. The summed E-state index contributed by atoms with van der Waals surface area (Å²) in [6.45, 7) is 1.21. The Kier molecular flexibility index (Phi) is 7.26. The number of rotatable bonds is 7. The van der Waals surface area contributed by atoms with Gasteiger partial charge in [-0.2, -0.15) is 0 Å². The Hall–Kier alpha value is -2.76. The molecule has 0 radical (unpaired) electrons. The first-order chi connectivity index (χ1) is 12.6. The molecular formula is C20H26FN3O2. The number of hydrogen-bond acceptors (Lipinski definition) is 3. The van der Waals surface area contributed by atoms with E-state index < -0.39 is 0 Å². The molecule has 0 heterocycles. The minimum atomic E-state index is -0.180. The van der Waals surface area contributed by atoms with Crippen LogP contribution in [0.15, 0.2) is 47.5 Å². The second-order valence-electron chi connectivity index (χ2n) is 5.85. The highest BCUT2D eigenvalue weighted by molar-refractivity contribution is 5.79. The molecule has 0 aromatic heterocycles. The fourth-order valence-electron chi connectivity index (χ4n) is 2.71. The molecule has 0 saturated carbocycles. The lowest BCUT2D eigenvalue weighted by Crippen LogP contribution is -2.39. The molecule has 0 spiro atoms. The highest BCUT2D eigenvalue weighted by Gasteiger charge is 2.11. The lowest BCUT2D eigenvalue weighted by atomic mass is 10.1. The van der Waals surface area contributed by atoms with Crippen molar-refractivity contribution in [1.29, 1.82) is 0 Å². The van der Waals surface area contributed by atoms with Gasteiger partial charge in [0, 0.05) is 38.8 Å². The number of benzene rings is 2. The molecule has 26 heavy (non-hydrogen) atoms. The van der Waals surface area contributed by atoms with E-state index in [1.165, 1.54) is 6.07 Å². The summed E-state index contributed by atoms with van der Waals surface area (Å²) < 4.78 is 24.4. The maximum Gasteiger partial charge on any atom is 0.193 e. The van der Waals surface area contributed by atoms with Crippen molar-refractivity contribution in [3.8, 4) is 11.5 Å². The van der Waals surface area contributed by atoms with E-state index >= 15 is 0 Å². The summed E-state index contributed by atoms with van der Waals surface area (Å²) in [5.74, 6) is 2.07. The zero-order valence-electron chi connectivity index (χ0n) is 15.8. The van der Waals surface area contributed by atoms with Crippen molar-refractivity contribution in [1.82, 2.24) is 10.2 Å². The van der Waals surface area contributed by atoms with E-state index in [9.17, 15) is 4.39 Å². The minimum Gasteiger partial charge on any atom is -0.497 e.